The van der Waals surface area contributed by atoms with Crippen LogP contribution in [0.1, 0.15) is 0 Å². The predicted octanol–water partition coefficient (Wildman–Crippen LogP) is 15.3. The van der Waals surface area contributed by atoms with Gasteiger partial charge in [0.15, 0.2) is 17.5 Å². The highest BCUT2D eigenvalue weighted by atomic mass is 16.3. The molecule has 0 saturated heterocycles. The largest absolute Gasteiger partial charge is 0.456 e. The van der Waals surface area contributed by atoms with Gasteiger partial charge in [-0.25, -0.2) is 15.0 Å². The topological polar surface area (TPSA) is 65.0 Å². The maximum absolute atomic E-state index is 6.68. The summed E-state index contributed by atoms with van der Waals surface area (Å²) >= 11 is 0. The van der Waals surface area contributed by atoms with Crippen LogP contribution in [0.15, 0.2) is 221 Å². The zero-order valence-electron chi connectivity index (χ0n) is 33.4. The second-order valence-electron chi connectivity index (χ2n) is 15.5. The molecule has 5 heteroatoms. The number of aromatic nitrogens is 3. The number of nitrogens with zero attached hydrogens (tertiary/aromatic N) is 3. The summed E-state index contributed by atoms with van der Waals surface area (Å²) in [6.45, 7) is 0. The maximum Gasteiger partial charge on any atom is 0.164 e. The molecule has 0 atom stereocenters. The molecule has 12 aromatic rings. The van der Waals surface area contributed by atoms with Crippen LogP contribution in [0.4, 0.5) is 0 Å². The smallest absolute Gasteiger partial charge is 0.164 e. The molecule has 0 aliphatic carbocycles. The predicted molar refractivity (Wildman–Crippen MR) is 252 cm³/mol. The van der Waals surface area contributed by atoms with E-state index in [4.69, 9.17) is 23.8 Å². The Morgan fingerprint density at radius 3 is 1.50 bits per heavy atom. The Bertz CT molecular complexity index is 3610. The van der Waals surface area contributed by atoms with E-state index in [1.807, 2.05) is 72.8 Å². The summed E-state index contributed by atoms with van der Waals surface area (Å²) < 4.78 is 13.0. The van der Waals surface area contributed by atoms with Crippen molar-refractivity contribution in [3.8, 4) is 78.7 Å². The lowest BCUT2D eigenvalue weighted by atomic mass is 9.84. The van der Waals surface area contributed by atoms with Gasteiger partial charge in [0.1, 0.15) is 22.3 Å². The fourth-order valence-electron chi connectivity index (χ4n) is 8.86. The fraction of sp³-hybridized carbons (Fsp3) is 0. The minimum Gasteiger partial charge on any atom is -0.456 e. The van der Waals surface area contributed by atoms with E-state index in [-0.39, 0.29) is 0 Å². The molecule has 0 amide bonds. The van der Waals surface area contributed by atoms with Crippen molar-refractivity contribution in [1.29, 1.82) is 0 Å². The van der Waals surface area contributed by atoms with Gasteiger partial charge in [0, 0.05) is 43.8 Å². The van der Waals surface area contributed by atoms with Crippen LogP contribution in [-0.4, -0.2) is 15.0 Å². The van der Waals surface area contributed by atoms with Gasteiger partial charge in [-0.05, 0) is 69.3 Å². The van der Waals surface area contributed by atoms with Crippen molar-refractivity contribution in [2.45, 2.75) is 0 Å². The lowest BCUT2D eigenvalue weighted by Gasteiger charge is -2.19. The minimum atomic E-state index is 0.585. The molecule has 0 N–H and O–H groups in total. The number of rotatable bonds is 7. The average Bonchev–Trinajstić information content (AvgIpc) is 3.93. The van der Waals surface area contributed by atoms with E-state index >= 15 is 0 Å². The highest BCUT2D eigenvalue weighted by Gasteiger charge is 2.22. The Hall–Kier alpha value is -8.41. The number of hydrogen-bond donors (Lipinski definition) is 0. The first kappa shape index (κ1) is 35.5. The van der Waals surface area contributed by atoms with Gasteiger partial charge in [-0.3, -0.25) is 0 Å². The van der Waals surface area contributed by atoms with Crippen molar-refractivity contribution in [2.75, 3.05) is 0 Å². The molecule has 3 aromatic heterocycles. The molecule has 0 radical (unpaired) electrons. The number of fused-ring (bicyclic) bond motifs is 6. The molecule has 0 fully saturated rings. The molecular weight excluding hydrogens is 759 g/mol. The number of benzene rings is 9. The highest BCUT2D eigenvalue weighted by Crippen LogP contribution is 2.46. The molecule has 0 spiro atoms. The van der Waals surface area contributed by atoms with Crippen LogP contribution in [0.3, 0.4) is 0 Å². The van der Waals surface area contributed by atoms with Crippen molar-refractivity contribution in [2.24, 2.45) is 0 Å². The molecule has 3 heterocycles. The summed E-state index contributed by atoms with van der Waals surface area (Å²) in [7, 11) is 0. The second kappa shape index (κ2) is 14.7. The molecule has 62 heavy (non-hydrogen) atoms. The number of hydrogen-bond acceptors (Lipinski definition) is 5. The van der Waals surface area contributed by atoms with Crippen molar-refractivity contribution >= 4 is 43.9 Å². The molecule has 0 saturated carbocycles. The van der Waals surface area contributed by atoms with Crippen LogP contribution in [0.5, 0.6) is 0 Å². The van der Waals surface area contributed by atoms with E-state index in [2.05, 4.69) is 140 Å². The first-order chi connectivity index (χ1) is 30.7. The van der Waals surface area contributed by atoms with Crippen LogP contribution >= 0.6 is 0 Å². The van der Waals surface area contributed by atoms with Crippen LogP contribution in [0.2, 0.25) is 0 Å². The zero-order valence-corrected chi connectivity index (χ0v) is 33.4. The normalized spacial score (nSPS) is 11.5. The minimum absolute atomic E-state index is 0.585. The molecule has 5 nitrogen and oxygen atoms in total. The monoisotopic (exact) mass is 793 g/mol. The summed E-state index contributed by atoms with van der Waals surface area (Å²) in [4.78, 5) is 15.4. The fourth-order valence-corrected chi connectivity index (χ4v) is 8.86. The summed E-state index contributed by atoms with van der Waals surface area (Å²) in [6.07, 6.45) is 0. The Kier molecular flexibility index (Phi) is 8.42. The van der Waals surface area contributed by atoms with Crippen LogP contribution in [0.25, 0.3) is 123 Å². The van der Waals surface area contributed by atoms with Crippen LogP contribution < -0.4 is 0 Å². The van der Waals surface area contributed by atoms with Crippen molar-refractivity contribution in [3.63, 3.8) is 0 Å². The third-order valence-corrected chi connectivity index (χ3v) is 11.8. The SMILES string of the molecule is c1ccc(-c2cc(-c3ccc(-c4nc(-c5ccccc5)nc(-c5cccc6oc7ccccc7c56)n4)cc3)c(-c3ccccc3)c(-c3cccc4c3oc3ccccc34)c2)cc1. The second-order valence-corrected chi connectivity index (χ2v) is 15.5. The maximum atomic E-state index is 6.68. The van der Waals surface area contributed by atoms with Gasteiger partial charge >= 0.3 is 0 Å². The standard InChI is InChI=1S/C57H35N3O2/c1-4-16-36(17-5-1)41-34-47(52(38-18-6-2-7-19-38)48(35-41)44-25-14-24-43-42-22-10-12-27-49(42)62-54(43)44)37-30-32-40(33-31-37)56-58-55(39-20-8-3-9-21-39)59-57(60-56)46-26-15-29-51-53(46)45-23-11-13-28-50(45)61-51/h1-35H. The Morgan fingerprint density at radius 1 is 0.274 bits per heavy atom. The molecule has 9 aromatic carbocycles. The highest BCUT2D eigenvalue weighted by molar-refractivity contribution is 6.13. The van der Waals surface area contributed by atoms with E-state index in [0.717, 1.165) is 105 Å². The molecule has 0 bridgehead atoms. The molecule has 0 aliphatic heterocycles. The van der Waals surface area contributed by atoms with Gasteiger partial charge < -0.3 is 8.83 Å². The van der Waals surface area contributed by atoms with E-state index in [1.165, 1.54) is 0 Å². The third-order valence-electron chi connectivity index (χ3n) is 11.8. The van der Waals surface area contributed by atoms with Gasteiger partial charge in [0.05, 0.1) is 0 Å². The summed E-state index contributed by atoms with van der Waals surface area (Å²) in [5.74, 6) is 1.77. The molecule has 0 unspecified atom stereocenters. The van der Waals surface area contributed by atoms with E-state index < -0.39 is 0 Å². The average molecular weight is 794 g/mol. The van der Waals surface area contributed by atoms with Gasteiger partial charge in [-0.15, -0.1) is 0 Å². The van der Waals surface area contributed by atoms with Gasteiger partial charge in [-0.1, -0.05) is 182 Å². The van der Waals surface area contributed by atoms with Crippen molar-refractivity contribution in [1.82, 2.24) is 15.0 Å². The van der Waals surface area contributed by atoms with Crippen molar-refractivity contribution in [3.05, 3.63) is 212 Å². The Morgan fingerprint density at radius 2 is 0.774 bits per heavy atom. The molecule has 12 rings (SSSR count). The van der Waals surface area contributed by atoms with E-state index in [9.17, 15) is 0 Å². The Balaban J connectivity index is 1.06. The van der Waals surface area contributed by atoms with E-state index in [0.29, 0.717) is 17.5 Å². The Labute approximate surface area is 357 Å². The van der Waals surface area contributed by atoms with E-state index in [1.54, 1.807) is 0 Å². The first-order valence-corrected chi connectivity index (χ1v) is 20.8. The van der Waals surface area contributed by atoms with Gasteiger partial charge in [0.2, 0.25) is 0 Å². The summed E-state index contributed by atoms with van der Waals surface area (Å²) in [5.41, 5.74) is 14.8. The third kappa shape index (κ3) is 6.06. The van der Waals surface area contributed by atoms with Crippen molar-refractivity contribution < 1.29 is 8.83 Å². The molecular formula is C57H35N3O2. The quantitative estimate of drug-likeness (QED) is 0.161. The number of furan rings is 2. The summed E-state index contributed by atoms with van der Waals surface area (Å²) in [5, 5.41) is 4.20. The molecule has 0 aliphatic rings. The lowest BCUT2D eigenvalue weighted by molar-refractivity contribution is 0.669. The summed E-state index contributed by atoms with van der Waals surface area (Å²) in [6, 6.07) is 73.5. The van der Waals surface area contributed by atoms with Crippen LogP contribution in [-0.2, 0) is 0 Å². The lowest BCUT2D eigenvalue weighted by Crippen LogP contribution is -2.00. The zero-order chi connectivity index (χ0) is 41.0. The van der Waals surface area contributed by atoms with Gasteiger partial charge in [-0.2, -0.15) is 0 Å². The molecule has 290 valence electrons. The van der Waals surface area contributed by atoms with Crippen LogP contribution in [0, 0.1) is 0 Å². The number of para-hydroxylation sites is 3. The van der Waals surface area contributed by atoms with Gasteiger partial charge in [0.25, 0.3) is 0 Å². The first-order valence-electron chi connectivity index (χ1n) is 20.8.